The van der Waals surface area contributed by atoms with Gasteiger partial charge in [-0.25, -0.2) is 4.79 Å². The SMILES string of the molecule is CC(=O)N[C@@H](CC(=O)O)C(=O)N[C@@H](CCC(=O)O)C(=O)N[C@H](C(=O)N[C@H](C(=O)N1C[C@H](OCc2cccc3ccccc23)C[C@H]1C(=O)NC1(C(=O)O)CC1)C(C)C)C1CCCCC1. The summed E-state index contributed by atoms with van der Waals surface area (Å²) in [4.78, 5) is 118. The number of benzene rings is 2. The number of ether oxygens (including phenoxy) is 1. The summed E-state index contributed by atoms with van der Waals surface area (Å²) in [5.41, 5.74) is -0.546. The summed E-state index contributed by atoms with van der Waals surface area (Å²) in [6, 6.07) is 6.78. The van der Waals surface area contributed by atoms with Crippen LogP contribution in [0.15, 0.2) is 42.5 Å². The smallest absolute Gasteiger partial charge is 0.329 e. The number of carbonyl (C=O) groups is 9. The second-order valence-corrected chi connectivity index (χ2v) is 17.1. The third kappa shape index (κ3) is 12.7. The maximum absolute atomic E-state index is 14.7. The third-order valence-electron chi connectivity index (χ3n) is 12.0. The quantitative estimate of drug-likeness (QED) is 0.0886. The predicted molar refractivity (Wildman–Crippen MR) is 224 cm³/mol. The monoisotopic (exact) mass is 878 g/mol. The Morgan fingerprint density at radius 3 is 2.08 bits per heavy atom. The van der Waals surface area contributed by atoms with Crippen LogP contribution in [0.5, 0.6) is 0 Å². The fourth-order valence-corrected chi connectivity index (χ4v) is 8.37. The molecule has 1 aliphatic heterocycles. The summed E-state index contributed by atoms with van der Waals surface area (Å²) < 4.78 is 6.33. The minimum absolute atomic E-state index is 0.0457. The number of hydrogen-bond acceptors (Lipinski definition) is 10. The van der Waals surface area contributed by atoms with Crippen LogP contribution in [0.2, 0.25) is 0 Å². The highest BCUT2D eigenvalue weighted by molar-refractivity contribution is 5.98. The van der Waals surface area contributed by atoms with E-state index in [0.29, 0.717) is 12.8 Å². The van der Waals surface area contributed by atoms with Gasteiger partial charge in [0.2, 0.25) is 35.4 Å². The molecule has 1 heterocycles. The molecule has 5 rings (SSSR count). The van der Waals surface area contributed by atoms with Gasteiger partial charge in [0.1, 0.15) is 35.7 Å². The zero-order chi connectivity index (χ0) is 46.0. The van der Waals surface area contributed by atoms with Crippen LogP contribution in [0.4, 0.5) is 0 Å². The first kappa shape index (κ1) is 47.9. The molecule has 3 fully saturated rings. The highest BCUT2D eigenvalue weighted by Gasteiger charge is 2.54. The van der Waals surface area contributed by atoms with Gasteiger partial charge >= 0.3 is 17.9 Å². The summed E-state index contributed by atoms with van der Waals surface area (Å²) in [6.45, 7) is 4.58. The fourth-order valence-electron chi connectivity index (χ4n) is 8.37. The van der Waals surface area contributed by atoms with E-state index >= 15 is 0 Å². The van der Waals surface area contributed by atoms with Crippen molar-refractivity contribution in [2.45, 2.75) is 140 Å². The second-order valence-electron chi connectivity index (χ2n) is 17.1. The van der Waals surface area contributed by atoms with Crippen molar-refractivity contribution in [2.75, 3.05) is 6.54 Å². The van der Waals surface area contributed by atoms with Gasteiger partial charge in [-0.05, 0) is 60.3 Å². The first-order valence-electron chi connectivity index (χ1n) is 21.4. The zero-order valence-corrected chi connectivity index (χ0v) is 35.7. The van der Waals surface area contributed by atoms with Crippen molar-refractivity contribution < 1.29 is 63.2 Å². The molecule has 63 heavy (non-hydrogen) atoms. The van der Waals surface area contributed by atoms with Crippen molar-refractivity contribution in [2.24, 2.45) is 11.8 Å². The Balaban J connectivity index is 1.37. The molecule has 1 saturated heterocycles. The number of nitrogens with zero attached hydrogens (tertiary/aromatic N) is 1. The molecule has 19 heteroatoms. The van der Waals surface area contributed by atoms with Crippen LogP contribution < -0.4 is 26.6 Å². The number of fused-ring (bicyclic) bond motifs is 1. The predicted octanol–water partition coefficient (Wildman–Crippen LogP) is 1.59. The Hall–Kier alpha value is -6.11. The Morgan fingerprint density at radius 2 is 1.46 bits per heavy atom. The molecule has 0 spiro atoms. The number of aliphatic carboxylic acids is 3. The average molecular weight is 879 g/mol. The first-order chi connectivity index (χ1) is 29.9. The molecule has 0 unspecified atom stereocenters. The highest BCUT2D eigenvalue weighted by atomic mass is 16.5. The van der Waals surface area contributed by atoms with Gasteiger partial charge < -0.3 is 51.5 Å². The molecular formula is C44H58N6O13. The standard InChI is InChI=1S/C44H58N6O13/c1-24(2)36(42(60)50-22-29(20-33(50)40(58)49-44(18-19-44)43(61)62)63-23-28-14-9-13-26-10-7-8-15-30(26)28)47-41(59)37(27-11-5-4-6-12-27)48-38(56)31(16-17-34(52)53)46-39(57)32(21-35(54)55)45-25(3)51/h7-10,13-15,24,27,29,31-33,36-37H,4-6,11-12,16-23H2,1-3H3,(H,45,51)(H,46,57)(H,47,59)(H,48,56)(H,49,58)(H,52,53)(H,54,55)(H,61,62)/t29-,31+,32+,33+,36+,37+/m1/s1. The molecule has 6 amide bonds. The maximum Gasteiger partial charge on any atom is 0.329 e. The Morgan fingerprint density at radius 1 is 0.794 bits per heavy atom. The average Bonchev–Trinajstić information content (AvgIpc) is 3.90. The van der Waals surface area contributed by atoms with Crippen molar-refractivity contribution in [3.8, 4) is 0 Å². The molecular weight excluding hydrogens is 821 g/mol. The van der Waals surface area contributed by atoms with E-state index in [1.807, 2.05) is 42.5 Å². The van der Waals surface area contributed by atoms with Gasteiger partial charge in [-0.3, -0.25) is 38.4 Å². The summed E-state index contributed by atoms with van der Waals surface area (Å²) in [6.07, 6.45) is 1.39. The van der Waals surface area contributed by atoms with Gasteiger partial charge in [-0.15, -0.1) is 0 Å². The highest BCUT2D eigenvalue weighted by Crippen LogP contribution is 2.36. The van der Waals surface area contributed by atoms with E-state index < -0.39 is 126 Å². The summed E-state index contributed by atoms with van der Waals surface area (Å²) in [7, 11) is 0. The Kier molecular flexibility index (Phi) is 16.2. The van der Waals surface area contributed by atoms with Crippen molar-refractivity contribution in [3.05, 3.63) is 48.0 Å². The van der Waals surface area contributed by atoms with Crippen LogP contribution >= 0.6 is 0 Å². The summed E-state index contributed by atoms with van der Waals surface area (Å²) in [5.74, 6) is -9.62. The fraction of sp³-hybridized carbons (Fsp3) is 0.568. The number of carboxylic acids is 3. The number of likely N-dealkylation sites (tertiary alicyclic amines) is 1. The lowest BCUT2D eigenvalue weighted by atomic mass is 9.83. The number of hydrogen-bond donors (Lipinski definition) is 8. The van der Waals surface area contributed by atoms with Crippen LogP contribution in [-0.4, -0.2) is 122 Å². The lowest BCUT2D eigenvalue weighted by Crippen LogP contribution is -2.62. The van der Waals surface area contributed by atoms with Crippen LogP contribution in [0.3, 0.4) is 0 Å². The van der Waals surface area contributed by atoms with E-state index in [2.05, 4.69) is 26.6 Å². The zero-order valence-electron chi connectivity index (χ0n) is 35.7. The molecule has 8 N–H and O–H groups in total. The number of carbonyl (C=O) groups excluding carboxylic acids is 6. The van der Waals surface area contributed by atoms with Gasteiger partial charge in [0.05, 0.1) is 19.1 Å². The molecule has 0 radical (unpaired) electrons. The molecule has 2 aliphatic carbocycles. The normalized spacial score (nSPS) is 20.1. The van der Waals surface area contributed by atoms with Gasteiger partial charge in [0, 0.05) is 26.3 Å². The number of nitrogens with one attached hydrogen (secondary N) is 5. The minimum atomic E-state index is -1.59. The molecule has 0 aromatic heterocycles. The van der Waals surface area contributed by atoms with E-state index in [1.165, 1.54) is 4.90 Å². The molecule has 0 bridgehead atoms. The van der Waals surface area contributed by atoms with Gasteiger partial charge in [0.15, 0.2) is 0 Å². The third-order valence-corrected chi connectivity index (χ3v) is 12.0. The van der Waals surface area contributed by atoms with Crippen molar-refractivity contribution in [1.82, 2.24) is 31.5 Å². The molecule has 2 saturated carbocycles. The van der Waals surface area contributed by atoms with Crippen LogP contribution in [0.25, 0.3) is 10.8 Å². The molecule has 6 atom stereocenters. The Bertz CT molecular complexity index is 2040. The number of amides is 6. The second kappa shape index (κ2) is 21.3. The Labute approximate surface area is 364 Å². The molecule has 2 aromatic rings. The van der Waals surface area contributed by atoms with E-state index in [-0.39, 0.29) is 32.4 Å². The number of carboxylic acid groups (broad SMARTS) is 3. The molecule has 19 nitrogen and oxygen atoms in total. The van der Waals surface area contributed by atoms with Crippen LogP contribution in [0.1, 0.15) is 97.0 Å². The largest absolute Gasteiger partial charge is 0.481 e. The minimum Gasteiger partial charge on any atom is -0.481 e. The number of rotatable bonds is 21. The summed E-state index contributed by atoms with van der Waals surface area (Å²) >= 11 is 0. The van der Waals surface area contributed by atoms with Crippen molar-refractivity contribution in [1.29, 1.82) is 0 Å². The van der Waals surface area contributed by atoms with Gasteiger partial charge in [-0.1, -0.05) is 75.6 Å². The van der Waals surface area contributed by atoms with Crippen LogP contribution in [0, 0.1) is 11.8 Å². The maximum atomic E-state index is 14.7. The lowest BCUT2D eigenvalue weighted by Gasteiger charge is -2.35. The van der Waals surface area contributed by atoms with Crippen molar-refractivity contribution in [3.63, 3.8) is 0 Å². The molecule has 3 aliphatic rings. The molecule has 2 aromatic carbocycles. The topological polar surface area (TPSA) is 287 Å². The first-order valence-corrected chi connectivity index (χ1v) is 21.4. The van der Waals surface area contributed by atoms with E-state index in [4.69, 9.17) is 4.74 Å². The summed E-state index contributed by atoms with van der Waals surface area (Å²) in [5, 5.41) is 43.3. The van der Waals surface area contributed by atoms with Crippen LogP contribution in [-0.2, 0) is 54.5 Å². The van der Waals surface area contributed by atoms with E-state index in [0.717, 1.165) is 42.5 Å². The van der Waals surface area contributed by atoms with E-state index in [9.17, 15) is 58.5 Å². The van der Waals surface area contributed by atoms with Gasteiger partial charge in [0.25, 0.3) is 0 Å². The van der Waals surface area contributed by atoms with Crippen molar-refractivity contribution >= 4 is 64.1 Å². The lowest BCUT2D eigenvalue weighted by molar-refractivity contribution is -0.146. The molecule has 342 valence electrons. The van der Waals surface area contributed by atoms with Gasteiger partial charge in [-0.2, -0.15) is 0 Å². The van der Waals surface area contributed by atoms with E-state index in [1.54, 1.807) is 13.8 Å².